The lowest BCUT2D eigenvalue weighted by Gasteiger charge is -2.20. The Labute approximate surface area is 148 Å². The molecule has 2 N–H and O–H groups in total. The van der Waals surface area contributed by atoms with Crippen molar-refractivity contribution in [2.75, 3.05) is 13.1 Å². The molecule has 130 valence electrons. The predicted molar refractivity (Wildman–Crippen MR) is 99.0 cm³/mol. The normalized spacial score (nSPS) is 10.8. The van der Waals surface area contributed by atoms with Crippen molar-refractivity contribution in [3.05, 3.63) is 51.5 Å². The van der Waals surface area contributed by atoms with Crippen molar-refractivity contribution in [1.29, 1.82) is 0 Å². The van der Waals surface area contributed by atoms with Gasteiger partial charge in [-0.3, -0.25) is 4.90 Å². The van der Waals surface area contributed by atoms with Crippen LogP contribution in [0.5, 0.6) is 0 Å². The number of nitrogens with zero attached hydrogens (tertiary/aromatic N) is 2. The molecule has 0 radical (unpaired) electrons. The van der Waals surface area contributed by atoms with E-state index in [1.807, 2.05) is 13.0 Å². The van der Waals surface area contributed by atoms with Crippen molar-refractivity contribution >= 4 is 17.4 Å². The van der Waals surface area contributed by atoms with Crippen LogP contribution in [0.3, 0.4) is 0 Å². The van der Waals surface area contributed by atoms with Gasteiger partial charge in [-0.25, -0.2) is 9.78 Å². The number of rotatable bonds is 8. The topological polar surface area (TPSA) is 57.3 Å². The molecular weight excluding hydrogens is 320 g/mol. The summed E-state index contributed by atoms with van der Waals surface area (Å²) in [6.07, 6.45) is 1.81. The fourth-order valence-electron chi connectivity index (χ4n) is 2.46. The fourth-order valence-corrected chi connectivity index (χ4v) is 3.20. The number of aromatic nitrogens is 1. The summed E-state index contributed by atoms with van der Waals surface area (Å²) in [6, 6.07) is 8.12. The third-order valence-corrected chi connectivity index (χ3v) is 4.85. The molecule has 0 aliphatic heterocycles. The van der Waals surface area contributed by atoms with E-state index in [1.54, 1.807) is 17.5 Å². The smallest absolute Gasteiger partial charge is 0.315 e. The molecule has 2 aromatic rings. The first-order valence-corrected chi connectivity index (χ1v) is 9.16. The summed E-state index contributed by atoms with van der Waals surface area (Å²) in [5, 5.41) is 6.83. The van der Waals surface area contributed by atoms with E-state index < -0.39 is 0 Å². The monoisotopic (exact) mass is 346 g/mol. The van der Waals surface area contributed by atoms with Crippen LogP contribution in [-0.2, 0) is 19.6 Å². The zero-order chi connectivity index (χ0) is 17.4. The number of benzene rings is 1. The quantitative estimate of drug-likeness (QED) is 0.771. The third-order valence-electron chi connectivity index (χ3n) is 3.94. The first-order valence-electron chi connectivity index (χ1n) is 8.34. The highest BCUT2D eigenvalue weighted by molar-refractivity contribution is 7.11. The van der Waals surface area contributed by atoms with E-state index in [2.05, 4.69) is 52.6 Å². The van der Waals surface area contributed by atoms with Gasteiger partial charge < -0.3 is 10.6 Å². The van der Waals surface area contributed by atoms with E-state index in [0.29, 0.717) is 13.1 Å². The highest BCUT2D eigenvalue weighted by Crippen LogP contribution is 2.12. The molecule has 2 amide bonds. The van der Waals surface area contributed by atoms with Crippen molar-refractivity contribution in [1.82, 2.24) is 20.5 Å². The van der Waals surface area contributed by atoms with E-state index >= 15 is 0 Å². The van der Waals surface area contributed by atoms with Crippen LogP contribution in [0.4, 0.5) is 4.79 Å². The van der Waals surface area contributed by atoms with Gasteiger partial charge in [0.2, 0.25) is 0 Å². The highest BCUT2D eigenvalue weighted by atomic mass is 32.1. The Morgan fingerprint density at radius 3 is 2.42 bits per heavy atom. The minimum Gasteiger partial charge on any atom is -0.334 e. The van der Waals surface area contributed by atoms with E-state index in [1.165, 1.54) is 5.56 Å². The minimum atomic E-state index is -0.154. The SMILES string of the molecule is CCN(CC)Cc1ccccc1CNC(=O)NCc1cnc(C)s1. The molecule has 0 spiro atoms. The van der Waals surface area contributed by atoms with Gasteiger partial charge in [0.1, 0.15) is 0 Å². The maximum Gasteiger partial charge on any atom is 0.315 e. The molecule has 0 aliphatic rings. The number of thiazole rings is 1. The standard InChI is InChI=1S/C18H26N4OS/c1-4-22(5-2)13-16-9-7-6-8-15(16)10-20-18(23)21-12-17-11-19-14(3)24-17/h6-9,11H,4-5,10,12-13H2,1-3H3,(H2,20,21,23). The summed E-state index contributed by atoms with van der Waals surface area (Å²) in [6.45, 7) is 10.3. The molecule has 24 heavy (non-hydrogen) atoms. The number of hydrogen-bond donors (Lipinski definition) is 2. The molecule has 2 rings (SSSR count). The second-order valence-corrected chi connectivity index (χ2v) is 6.93. The molecule has 0 unspecified atom stereocenters. The summed E-state index contributed by atoms with van der Waals surface area (Å²) in [5.41, 5.74) is 2.42. The molecule has 1 heterocycles. The van der Waals surface area contributed by atoms with Crippen LogP contribution in [0, 0.1) is 6.92 Å². The van der Waals surface area contributed by atoms with Crippen LogP contribution in [0.25, 0.3) is 0 Å². The van der Waals surface area contributed by atoms with Crippen molar-refractivity contribution in [3.63, 3.8) is 0 Å². The maximum absolute atomic E-state index is 12.0. The lowest BCUT2D eigenvalue weighted by atomic mass is 10.1. The fraction of sp³-hybridized carbons (Fsp3) is 0.444. The Kier molecular flexibility index (Phi) is 7.21. The van der Waals surface area contributed by atoms with Gasteiger partial charge in [-0.2, -0.15) is 0 Å². The molecular formula is C18H26N4OS. The molecule has 1 aromatic carbocycles. The van der Waals surface area contributed by atoms with Gasteiger partial charge in [0.15, 0.2) is 0 Å². The Morgan fingerprint density at radius 1 is 1.12 bits per heavy atom. The molecule has 0 atom stereocenters. The van der Waals surface area contributed by atoms with Crippen LogP contribution in [0.1, 0.15) is 34.9 Å². The molecule has 0 saturated heterocycles. The average Bonchev–Trinajstić information content (AvgIpc) is 3.02. The van der Waals surface area contributed by atoms with Gasteiger partial charge in [-0.05, 0) is 31.1 Å². The van der Waals surface area contributed by atoms with E-state index in [4.69, 9.17) is 0 Å². The van der Waals surface area contributed by atoms with Crippen LogP contribution < -0.4 is 10.6 Å². The van der Waals surface area contributed by atoms with Crippen LogP contribution >= 0.6 is 11.3 Å². The second-order valence-electron chi connectivity index (χ2n) is 5.61. The zero-order valence-electron chi connectivity index (χ0n) is 14.6. The van der Waals surface area contributed by atoms with E-state index in [0.717, 1.165) is 35.1 Å². The summed E-state index contributed by atoms with van der Waals surface area (Å²) in [4.78, 5) is 19.6. The first kappa shape index (κ1) is 18.4. The van der Waals surface area contributed by atoms with Crippen molar-refractivity contribution < 1.29 is 4.79 Å². The maximum atomic E-state index is 12.0. The van der Waals surface area contributed by atoms with Crippen LogP contribution in [0.15, 0.2) is 30.5 Å². The Morgan fingerprint density at radius 2 is 1.79 bits per heavy atom. The van der Waals surface area contributed by atoms with E-state index in [9.17, 15) is 4.79 Å². The molecule has 0 aliphatic carbocycles. The summed E-state index contributed by atoms with van der Waals surface area (Å²) >= 11 is 1.60. The Hall–Kier alpha value is -1.92. The van der Waals surface area contributed by atoms with Gasteiger partial charge in [0, 0.05) is 24.2 Å². The molecule has 0 bridgehead atoms. The highest BCUT2D eigenvalue weighted by Gasteiger charge is 2.08. The van der Waals surface area contributed by atoms with Gasteiger partial charge in [0.25, 0.3) is 0 Å². The molecule has 5 nitrogen and oxygen atoms in total. The van der Waals surface area contributed by atoms with Gasteiger partial charge in [-0.1, -0.05) is 38.1 Å². The number of carbonyl (C=O) groups is 1. The van der Waals surface area contributed by atoms with Gasteiger partial charge >= 0.3 is 6.03 Å². The Balaban J connectivity index is 1.85. The predicted octanol–water partition coefficient (Wildman–Crippen LogP) is 3.29. The third kappa shape index (κ3) is 5.62. The summed E-state index contributed by atoms with van der Waals surface area (Å²) in [5.74, 6) is 0. The van der Waals surface area contributed by atoms with Gasteiger partial charge in [-0.15, -0.1) is 11.3 Å². The lowest BCUT2D eigenvalue weighted by molar-refractivity contribution is 0.240. The van der Waals surface area contributed by atoms with E-state index in [-0.39, 0.29) is 6.03 Å². The largest absolute Gasteiger partial charge is 0.334 e. The number of urea groups is 1. The minimum absolute atomic E-state index is 0.154. The second kappa shape index (κ2) is 9.39. The number of carbonyl (C=O) groups excluding carboxylic acids is 1. The van der Waals surface area contributed by atoms with Crippen LogP contribution in [-0.4, -0.2) is 29.0 Å². The van der Waals surface area contributed by atoms with Crippen molar-refractivity contribution in [2.24, 2.45) is 0 Å². The number of hydrogen-bond acceptors (Lipinski definition) is 4. The van der Waals surface area contributed by atoms with Gasteiger partial charge in [0.05, 0.1) is 11.6 Å². The molecule has 0 fully saturated rings. The Bertz CT molecular complexity index is 652. The number of aryl methyl sites for hydroxylation is 1. The number of amides is 2. The molecule has 1 aromatic heterocycles. The first-order chi connectivity index (χ1) is 11.6. The molecule has 0 saturated carbocycles. The van der Waals surface area contributed by atoms with Crippen molar-refractivity contribution in [2.45, 2.75) is 40.4 Å². The van der Waals surface area contributed by atoms with Crippen LogP contribution in [0.2, 0.25) is 0 Å². The van der Waals surface area contributed by atoms with Crippen molar-refractivity contribution in [3.8, 4) is 0 Å². The summed E-state index contributed by atoms with van der Waals surface area (Å²) in [7, 11) is 0. The average molecular weight is 347 g/mol. The summed E-state index contributed by atoms with van der Waals surface area (Å²) < 4.78 is 0. The number of nitrogens with one attached hydrogen (secondary N) is 2. The zero-order valence-corrected chi connectivity index (χ0v) is 15.4. The molecule has 6 heteroatoms. The lowest BCUT2D eigenvalue weighted by Crippen LogP contribution is -2.34.